The Kier molecular flexibility index (Phi) is 4.81. The molecule has 2 N–H and O–H groups in total. The number of morpholine rings is 1. The molecule has 1 fully saturated rings. The average Bonchev–Trinajstić information content (AvgIpc) is 2.62. The van der Waals surface area contributed by atoms with Crippen LogP contribution in [-0.4, -0.2) is 47.0 Å². The number of carbonyl (C=O) groups excluding carboxylic acids is 2. The summed E-state index contributed by atoms with van der Waals surface area (Å²) >= 11 is 0. The van der Waals surface area contributed by atoms with Crippen molar-refractivity contribution >= 4 is 11.8 Å². The van der Waals surface area contributed by atoms with E-state index in [-0.39, 0.29) is 19.1 Å². The Morgan fingerprint density at radius 2 is 2.04 bits per heavy atom. The molecule has 1 aliphatic heterocycles. The van der Waals surface area contributed by atoms with Crippen LogP contribution in [0.25, 0.3) is 0 Å². The van der Waals surface area contributed by atoms with Crippen LogP contribution in [0.3, 0.4) is 0 Å². The average molecular weight is 339 g/mol. The van der Waals surface area contributed by atoms with Gasteiger partial charge in [-0.3, -0.25) is 14.6 Å². The summed E-state index contributed by atoms with van der Waals surface area (Å²) in [5.41, 5.74) is 6.76. The SMILES string of the molecule is CC1(C(N)=O)CN(C(=O)c2ccnc(Cc3ccccc3)c2)CCO1. The summed E-state index contributed by atoms with van der Waals surface area (Å²) in [4.78, 5) is 30.3. The molecule has 0 radical (unpaired) electrons. The third kappa shape index (κ3) is 3.85. The molecule has 25 heavy (non-hydrogen) atoms. The van der Waals surface area contributed by atoms with Crippen molar-refractivity contribution in [2.75, 3.05) is 19.7 Å². The van der Waals surface area contributed by atoms with Crippen LogP contribution in [0.5, 0.6) is 0 Å². The number of aromatic nitrogens is 1. The van der Waals surface area contributed by atoms with Crippen molar-refractivity contribution in [3.8, 4) is 0 Å². The second kappa shape index (κ2) is 7.03. The lowest BCUT2D eigenvalue weighted by Crippen LogP contribution is -2.58. The fourth-order valence-corrected chi connectivity index (χ4v) is 2.89. The highest BCUT2D eigenvalue weighted by Crippen LogP contribution is 2.19. The van der Waals surface area contributed by atoms with Crippen LogP contribution in [0, 0.1) is 0 Å². The summed E-state index contributed by atoms with van der Waals surface area (Å²) in [6, 6.07) is 13.4. The number of benzene rings is 1. The first-order valence-corrected chi connectivity index (χ1v) is 8.20. The van der Waals surface area contributed by atoms with Gasteiger partial charge >= 0.3 is 0 Å². The molecule has 2 heterocycles. The van der Waals surface area contributed by atoms with E-state index in [4.69, 9.17) is 10.5 Å². The van der Waals surface area contributed by atoms with E-state index in [1.54, 1.807) is 30.2 Å². The fourth-order valence-electron chi connectivity index (χ4n) is 2.89. The molecule has 1 aliphatic rings. The first-order chi connectivity index (χ1) is 12.0. The number of pyridine rings is 1. The van der Waals surface area contributed by atoms with E-state index in [0.717, 1.165) is 11.3 Å². The number of nitrogens with zero attached hydrogens (tertiary/aromatic N) is 2. The first kappa shape index (κ1) is 17.1. The molecule has 0 spiro atoms. The number of carbonyl (C=O) groups is 2. The van der Waals surface area contributed by atoms with Crippen molar-refractivity contribution in [1.82, 2.24) is 9.88 Å². The minimum atomic E-state index is -1.15. The number of rotatable bonds is 4. The van der Waals surface area contributed by atoms with Crippen molar-refractivity contribution in [2.24, 2.45) is 5.73 Å². The number of amides is 2. The molecule has 0 saturated carbocycles. The van der Waals surface area contributed by atoms with Crippen LogP contribution < -0.4 is 5.73 Å². The van der Waals surface area contributed by atoms with Crippen molar-refractivity contribution < 1.29 is 14.3 Å². The van der Waals surface area contributed by atoms with E-state index in [1.165, 1.54) is 0 Å². The minimum Gasteiger partial charge on any atom is -0.367 e. The summed E-state index contributed by atoms with van der Waals surface area (Å²) in [5.74, 6) is -0.711. The van der Waals surface area contributed by atoms with Crippen LogP contribution in [0.4, 0.5) is 0 Å². The van der Waals surface area contributed by atoms with E-state index in [2.05, 4.69) is 4.98 Å². The minimum absolute atomic E-state index is 0.146. The molecule has 1 atom stereocenters. The van der Waals surface area contributed by atoms with Gasteiger partial charge in [-0.1, -0.05) is 30.3 Å². The van der Waals surface area contributed by atoms with Gasteiger partial charge in [-0.05, 0) is 24.6 Å². The Bertz CT molecular complexity index is 778. The Labute approximate surface area is 146 Å². The maximum atomic E-state index is 12.8. The lowest BCUT2D eigenvalue weighted by Gasteiger charge is -2.38. The fraction of sp³-hybridized carbons (Fsp3) is 0.316. The zero-order valence-corrected chi connectivity index (χ0v) is 14.1. The second-order valence-corrected chi connectivity index (χ2v) is 6.37. The van der Waals surface area contributed by atoms with Gasteiger partial charge in [-0.25, -0.2) is 0 Å². The molecule has 0 aliphatic carbocycles. The molecule has 2 amide bonds. The summed E-state index contributed by atoms with van der Waals surface area (Å²) in [6.45, 7) is 2.48. The van der Waals surface area contributed by atoms with Crippen molar-refractivity contribution in [2.45, 2.75) is 18.9 Å². The topological polar surface area (TPSA) is 85.5 Å². The van der Waals surface area contributed by atoms with Gasteiger partial charge in [-0.2, -0.15) is 0 Å². The molecule has 1 aromatic carbocycles. The molecule has 130 valence electrons. The highest BCUT2D eigenvalue weighted by Gasteiger charge is 2.39. The molecular weight excluding hydrogens is 318 g/mol. The molecule has 3 rings (SSSR count). The van der Waals surface area contributed by atoms with E-state index in [9.17, 15) is 9.59 Å². The third-order valence-corrected chi connectivity index (χ3v) is 4.37. The summed E-state index contributed by atoms with van der Waals surface area (Å²) in [7, 11) is 0. The highest BCUT2D eigenvalue weighted by atomic mass is 16.5. The molecule has 1 saturated heterocycles. The molecule has 1 unspecified atom stereocenters. The normalized spacial score (nSPS) is 20.3. The highest BCUT2D eigenvalue weighted by molar-refractivity contribution is 5.95. The number of nitrogens with two attached hydrogens (primary N) is 1. The predicted octanol–water partition coefficient (Wildman–Crippen LogP) is 1.39. The van der Waals surface area contributed by atoms with Gasteiger partial charge in [0.2, 0.25) is 0 Å². The molecule has 6 heteroatoms. The Morgan fingerprint density at radius 3 is 2.76 bits per heavy atom. The van der Waals surface area contributed by atoms with Gasteiger partial charge in [0.25, 0.3) is 11.8 Å². The van der Waals surface area contributed by atoms with Crippen LogP contribution in [0.1, 0.15) is 28.5 Å². The quantitative estimate of drug-likeness (QED) is 0.912. The number of hydrogen-bond acceptors (Lipinski definition) is 4. The lowest BCUT2D eigenvalue weighted by atomic mass is 10.0. The molecule has 6 nitrogen and oxygen atoms in total. The van der Waals surface area contributed by atoms with Crippen molar-refractivity contribution in [1.29, 1.82) is 0 Å². The monoisotopic (exact) mass is 339 g/mol. The summed E-state index contributed by atoms with van der Waals surface area (Å²) < 4.78 is 5.47. The lowest BCUT2D eigenvalue weighted by molar-refractivity contribution is -0.150. The Hall–Kier alpha value is -2.73. The van der Waals surface area contributed by atoms with Crippen LogP contribution in [-0.2, 0) is 16.0 Å². The van der Waals surface area contributed by atoms with E-state index in [0.29, 0.717) is 18.5 Å². The summed E-state index contributed by atoms with van der Waals surface area (Å²) in [5, 5.41) is 0. The zero-order valence-electron chi connectivity index (χ0n) is 14.1. The van der Waals surface area contributed by atoms with Crippen LogP contribution in [0.15, 0.2) is 48.7 Å². The van der Waals surface area contributed by atoms with Crippen LogP contribution in [0.2, 0.25) is 0 Å². The van der Waals surface area contributed by atoms with Gasteiger partial charge < -0.3 is 15.4 Å². The number of hydrogen-bond donors (Lipinski definition) is 1. The zero-order chi connectivity index (χ0) is 17.9. The first-order valence-electron chi connectivity index (χ1n) is 8.20. The molecular formula is C19H21N3O3. The van der Waals surface area contributed by atoms with Gasteiger partial charge in [0.15, 0.2) is 5.60 Å². The van der Waals surface area contributed by atoms with Gasteiger partial charge in [-0.15, -0.1) is 0 Å². The van der Waals surface area contributed by atoms with E-state index in [1.807, 2.05) is 30.3 Å². The standard InChI is InChI=1S/C19H21N3O3/c1-19(18(20)24)13-22(9-10-25-19)17(23)15-7-8-21-16(12-15)11-14-5-3-2-4-6-14/h2-8,12H,9-11,13H2,1H3,(H2,20,24). The Morgan fingerprint density at radius 1 is 1.28 bits per heavy atom. The van der Waals surface area contributed by atoms with Gasteiger partial charge in [0, 0.05) is 30.4 Å². The molecule has 1 aromatic heterocycles. The van der Waals surface area contributed by atoms with Gasteiger partial charge in [0.1, 0.15) is 0 Å². The third-order valence-electron chi connectivity index (χ3n) is 4.37. The largest absolute Gasteiger partial charge is 0.367 e. The maximum absolute atomic E-state index is 12.8. The maximum Gasteiger partial charge on any atom is 0.254 e. The van der Waals surface area contributed by atoms with Crippen molar-refractivity contribution in [3.05, 3.63) is 65.5 Å². The number of primary amides is 1. The van der Waals surface area contributed by atoms with Crippen LogP contribution >= 0.6 is 0 Å². The van der Waals surface area contributed by atoms with E-state index < -0.39 is 11.5 Å². The second-order valence-electron chi connectivity index (χ2n) is 6.37. The van der Waals surface area contributed by atoms with Gasteiger partial charge in [0.05, 0.1) is 13.2 Å². The smallest absolute Gasteiger partial charge is 0.254 e. The summed E-state index contributed by atoms with van der Waals surface area (Å²) in [6.07, 6.45) is 2.29. The molecule has 2 aromatic rings. The predicted molar refractivity (Wildman–Crippen MR) is 92.9 cm³/mol. The Balaban J connectivity index is 1.76. The van der Waals surface area contributed by atoms with Crippen molar-refractivity contribution in [3.63, 3.8) is 0 Å². The molecule has 0 bridgehead atoms. The van der Waals surface area contributed by atoms with E-state index >= 15 is 0 Å². The number of ether oxygens (including phenoxy) is 1.